The van der Waals surface area contributed by atoms with Crippen LogP contribution in [0.25, 0.3) is 0 Å². The highest BCUT2D eigenvalue weighted by molar-refractivity contribution is 8.33. The van der Waals surface area contributed by atoms with E-state index in [-0.39, 0.29) is 22.5 Å². The lowest BCUT2D eigenvalue weighted by atomic mass is 10.1. The Bertz CT molecular complexity index is 772. The molecule has 2 amide bonds. The van der Waals surface area contributed by atoms with Gasteiger partial charge in [-0.3, -0.25) is 19.4 Å². The molecule has 3 aliphatic heterocycles. The van der Waals surface area contributed by atoms with E-state index >= 15 is 0 Å². The fourth-order valence-corrected chi connectivity index (χ4v) is 7.16. The molecule has 0 aromatic carbocycles. The van der Waals surface area contributed by atoms with E-state index in [0.29, 0.717) is 13.1 Å². The zero-order chi connectivity index (χ0) is 18.7. The average Bonchev–Trinajstić information content (AvgIpc) is 3.30. The lowest BCUT2D eigenvalue weighted by Gasteiger charge is -2.35. The largest absolute Gasteiger partial charge is 0.285 e. The summed E-state index contributed by atoms with van der Waals surface area (Å²) < 4.78 is 2.56. The molecular formula is C17H16N2O2S5. The number of likely N-dealkylation sites (N-methyl/N-ethyl adjacent to an activating group) is 2. The second kappa shape index (κ2) is 8.88. The van der Waals surface area contributed by atoms with Crippen molar-refractivity contribution in [1.82, 2.24) is 9.80 Å². The summed E-state index contributed by atoms with van der Waals surface area (Å²) in [6.07, 6.45) is 5.28. The molecule has 0 radical (unpaired) electrons. The van der Waals surface area contributed by atoms with Gasteiger partial charge in [-0.2, -0.15) is 0 Å². The maximum Gasteiger partial charge on any atom is 0.265 e. The first kappa shape index (κ1) is 19.9. The molecule has 26 heavy (non-hydrogen) atoms. The number of rotatable bonds is 4. The van der Waals surface area contributed by atoms with Crippen molar-refractivity contribution in [1.29, 1.82) is 0 Å². The van der Waals surface area contributed by atoms with Gasteiger partial charge in [-0.05, 0) is 54.4 Å². The van der Waals surface area contributed by atoms with E-state index in [9.17, 15) is 9.59 Å². The molecule has 0 saturated carbocycles. The third-order valence-corrected chi connectivity index (χ3v) is 9.08. The Kier molecular flexibility index (Phi) is 6.79. The fourth-order valence-electron chi connectivity index (χ4n) is 2.37. The van der Waals surface area contributed by atoms with Crippen LogP contribution in [0.2, 0.25) is 0 Å². The molecule has 4 nitrogen and oxygen atoms in total. The molecule has 136 valence electrons. The monoisotopic (exact) mass is 440 g/mol. The molecule has 0 N–H and O–H groups in total. The van der Waals surface area contributed by atoms with Crippen LogP contribution in [0.4, 0.5) is 0 Å². The first-order chi connectivity index (χ1) is 12.6. The summed E-state index contributed by atoms with van der Waals surface area (Å²) in [5.74, 6) is -0.654. The molecule has 3 heterocycles. The van der Waals surface area contributed by atoms with E-state index in [1.54, 1.807) is 59.2 Å². The van der Waals surface area contributed by atoms with Gasteiger partial charge >= 0.3 is 0 Å². The van der Waals surface area contributed by atoms with Crippen molar-refractivity contribution in [3.05, 3.63) is 53.4 Å². The Morgan fingerprint density at radius 2 is 1.62 bits per heavy atom. The quantitative estimate of drug-likeness (QED) is 0.351. The Balaban J connectivity index is 1.73. The van der Waals surface area contributed by atoms with E-state index in [1.165, 1.54) is 18.3 Å². The first-order valence-corrected chi connectivity index (χ1v) is 11.8. The van der Waals surface area contributed by atoms with Crippen molar-refractivity contribution in [3.8, 4) is 0 Å². The van der Waals surface area contributed by atoms with Crippen molar-refractivity contribution in [2.75, 3.05) is 13.1 Å². The summed E-state index contributed by atoms with van der Waals surface area (Å²) in [4.78, 5) is 29.1. The molecular weight excluding hydrogens is 425 g/mol. The molecule has 1 fully saturated rings. The second-order valence-electron chi connectivity index (χ2n) is 5.14. The van der Waals surface area contributed by atoms with Crippen LogP contribution in [-0.2, 0) is 9.59 Å². The molecule has 0 unspecified atom stereocenters. The number of thioether (sulfide) groups is 4. The van der Waals surface area contributed by atoms with Crippen LogP contribution >= 0.6 is 59.3 Å². The topological polar surface area (TPSA) is 40.6 Å². The second-order valence-corrected chi connectivity index (χ2v) is 9.82. The van der Waals surface area contributed by atoms with Gasteiger partial charge in [-0.25, -0.2) is 0 Å². The van der Waals surface area contributed by atoms with Gasteiger partial charge in [0, 0.05) is 18.0 Å². The highest BCUT2D eigenvalue weighted by Crippen LogP contribution is 2.53. The van der Waals surface area contributed by atoms with Crippen molar-refractivity contribution < 1.29 is 9.59 Å². The Morgan fingerprint density at radius 3 is 2.19 bits per heavy atom. The van der Waals surface area contributed by atoms with E-state index < -0.39 is 0 Å². The molecule has 3 aliphatic rings. The minimum absolute atomic E-state index is 0.152. The van der Waals surface area contributed by atoms with Gasteiger partial charge in [0.05, 0.1) is 8.47 Å². The molecule has 9 heteroatoms. The van der Waals surface area contributed by atoms with Crippen LogP contribution in [0, 0.1) is 0 Å². The standard InChI is InChI=1S/C17H16N2O2S5/c1-3-18-13(20)12(14(21)19(4-2)17(18)22)7-5-6-11-10-25-16(26-11)15-23-8-9-24-15/h5-10H,3-4H2,1-2H3/b6-5+. The molecule has 0 aromatic rings. The number of nitrogens with zero attached hydrogens (tertiary/aromatic N) is 2. The Hall–Kier alpha value is -0.870. The predicted molar refractivity (Wildman–Crippen MR) is 119 cm³/mol. The van der Waals surface area contributed by atoms with Crippen LogP contribution in [0.15, 0.2) is 53.4 Å². The van der Waals surface area contributed by atoms with Gasteiger partial charge in [0.15, 0.2) is 5.11 Å². The first-order valence-electron chi connectivity index (χ1n) is 7.90. The highest BCUT2D eigenvalue weighted by Gasteiger charge is 2.37. The number of thiocarbonyl (C=S) groups is 1. The van der Waals surface area contributed by atoms with Crippen molar-refractivity contribution in [2.24, 2.45) is 0 Å². The van der Waals surface area contributed by atoms with Crippen LogP contribution in [0.3, 0.4) is 0 Å². The van der Waals surface area contributed by atoms with Gasteiger partial charge < -0.3 is 0 Å². The number of carbonyl (C=O) groups excluding carboxylic acids is 2. The van der Waals surface area contributed by atoms with Gasteiger partial charge in [-0.15, -0.1) is 0 Å². The summed E-state index contributed by atoms with van der Waals surface area (Å²) in [6.45, 7) is 4.59. The summed E-state index contributed by atoms with van der Waals surface area (Å²) >= 11 is 12.1. The molecule has 0 bridgehead atoms. The van der Waals surface area contributed by atoms with E-state index in [1.807, 2.05) is 19.9 Å². The average molecular weight is 441 g/mol. The minimum atomic E-state index is -0.327. The lowest BCUT2D eigenvalue weighted by Crippen LogP contribution is -2.55. The summed E-state index contributed by atoms with van der Waals surface area (Å²) in [5, 5.41) is 6.53. The molecule has 0 aromatic heterocycles. The van der Waals surface area contributed by atoms with Crippen LogP contribution in [-0.4, -0.2) is 39.8 Å². The smallest absolute Gasteiger partial charge is 0.265 e. The zero-order valence-electron chi connectivity index (χ0n) is 14.1. The lowest BCUT2D eigenvalue weighted by molar-refractivity contribution is -0.133. The van der Waals surface area contributed by atoms with E-state index in [2.05, 4.69) is 16.2 Å². The van der Waals surface area contributed by atoms with E-state index in [0.717, 1.165) is 4.91 Å². The third-order valence-electron chi connectivity index (χ3n) is 3.63. The van der Waals surface area contributed by atoms with E-state index in [4.69, 9.17) is 12.2 Å². The highest BCUT2D eigenvalue weighted by atomic mass is 32.2. The van der Waals surface area contributed by atoms with Crippen molar-refractivity contribution in [2.45, 2.75) is 13.8 Å². The minimum Gasteiger partial charge on any atom is -0.285 e. The summed E-state index contributed by atoms with van der Waals surface area (Å²) in [7, 11) is 0. The van der Waals surface area contributed by atoms with Gasteiger partial charge in [-0.1, -0.05) is 53.1 Å². The molecule has 1 saturated heterocycles. The molecule has 0 spiro atoms. The summed E-state index contributed by atoms with van der Waals surface area (Å²) in [6, 6.07) is 0. The normalized spacial score (nSPS) is 20.9. The zero-order valence-corrected chi connectivity index (χ0v) is 18.2. The van der Waals surface area contributed by atoms with Gasteiger partial charge in [0.25, 0.3) is 11.8 Å². The van der Waals surface area contributed by atoms with Crippen LogP contribution in [0.5, 0.6) is 0 Å². The number of hydrogen-bond donors (Lipinski definition) is 0. The number of amides is 2. The number of carbonyl (C=O) groups is 2. The van der Waals surface area contributed by atoms with Crippen molar-refractivity contribution in [3.63, 3.8) is 0 Å². The Labute approximate surface area is 175 Å². The molecule has 0 atom stereocenters. The summed E-state index contributed by atoms with van der Waals surface area (Å²) in [5.41, 5.74) is 0.152. The van der Waals surface area contributed by atoms with Crippen LogP contribution < -0.4 is 0 Å². The predicted octanol–water partition coefficient (Wildman–Crippen LogP) is 4.86. The fraction of sp³-hybridized carbons (Fsp3) is 0.235. The maximum atomic E-state index is 12.5. The van der Waals surface area contributed by atoms with Crippen LogP contribution in [0.1, 0.15) is 13.8 Å². The number of allylic oxidation sites excluding steroid dienone is 3. The number of hydrogen-bond acceptors (Lipinski definition) is 7. The molecule has 3 rings (SSSR count). The Morgan fingerprint density at radius 1 is 1.00 bits per heavy atom. The maximum absolute atomic E-state index is 12.5. The third kappa shape index (κ3) is 4.01. The van der Waals surface area contributed by atoms with Gasteiger partial charge in [0.2, 0.25) is 0 Å². The van der Waals surface area contributed by atoms with Gasteiger partial charge in [0.1, 0.15) is 5.57 Å². The SMILES string of the molecule is CCN1C(=O)C(=C/C=C/C2=CSC(=C3SC=CS3)S2)C(=O)N(CC)C1=S. The van der Waals surface area contributed by atoms with Crippen molar-refractivity contribution >= 4 is 76.2 Å². The molecule has 0 aliphatic carbocycles.